The molecule has 0 saturated heterocycles. The van der Waals surface area contributed by atoms with E-state index in [2.05, 4.69) is 33.1 Å². The number of nitrogens with one attached hydrogen (secondary N) is 2. The van der Waals surface area contributed by atoms with Crippen LogP contribution in [0, 0.1) is 0 Å². The Morgan fingerprint density at radius 1 is 1.00 bits per heavy atom. The Labute approximate surface area is 168 Å². The van der Waals surface area contributed by atoms with Crippen LogP contribution < -0.4 is 15.0 Å². The number of halogens is 1. The number of hydrogen-bond acceptors (Lipinski definition) is 4. The normalized spacial score (nSPS) is 11.2. The molecule has 2 aromatic carbocycles. The molecule has 0 saturated carbocycles. The molecular weight excluding hydrogens is 432 g/mol. The maximum Gasteiger partial charge on any atom is 0.266 e. The molecule has 0 bridgehead atoms. The van der Waals surface area contributed by atoms with Crippen LogP contribution in [0.5, 0.6) is 5.75 Å². The fourth-order valence-corrected chi connectivity index (χ4v) is 3.38. The van der Waals surface area contributed by atoms with E-state index in [1.807, 2.05) is 0 Å². The second-order valence-corrected chi connectivity index (χ2v) is 8.55. The first kappa shape index (κ1) is 21.4. The number of hydrogen-bond donors (Lipinski definition) is 2. The first-order valence-electron chi connectivity index (χ1n) is 8.73. The number of rotatable bonds is 10. The molecule has 27 heavy (non-hydrogen) atoms. The molecule has 6 nitrogen and oxygen atoms in total. The molecule has 0 spiro atoms. The van der Waals surface area contributed by atoms with Gasteiger partial charge >= 0.3 is 0 Å². The van der Waals surface area contributed by atoms with Crippen molar-refractivity contribution in [2.75, 3.05) is 6.61 Å². The second kappa shape index (κ2) is 10.4. The Kier molecular flexibility index (Phi) is 8.27. The standard InChI is InChI=1S/C19H23BrN2O4S/c1-2-3-4-5-14-26-17-10-6-15(7-11-17)19(23)21-22-27(24,25)18-12-8-16(20)9-13-18/h6-13,22H,2-5,14H2,1H3,(H,21,23). The van der Waals surface area contributed by atoms with Crippen LogP contribution in [0.15, 0.2) is 57.9 Å². The molecule has 0 fully saturated rings. The van der Waals surface area contributed by atoms with Crippen molar-refractivity contribution in [2.45, 2.75) is 37.5 Å². The third-order valence-electron chi connectivity index (χ3n) is 3.81. The molecule has 2 N–H and O–H groups in total. The predicted molar refractivity (Wildman–Crippen MR) is 108 cm³/mol. The highest BCUT2D eigenvalue weighted by atomic mass is 79.9. The summed E-state index contributed by atoms with van der Waals surface area (Å²) >= 11 is 3.24. The van der Waals surface area contributed by atoms with E-state index < -0.39 is 15.9 Å². The number of carbonyl (C=O) groups is 1. The molecule has 0 aromatic heterocycles. The van der Waals surface area contributed by atoms with Crippen molar-refractivity contribution in [1.82, 2.24) is 10.3 Å². The lowest BCUT2D eigenvalue weighted by molar-refractivity contribution is 0.0945. The number of amides is 1. The number of unbranched alkanes of at least 4 members (excludes halogenated alkanes) is 3. The van der Waals surface area contributed by atoms with Gasteiger partial charge in [-0.2, -0.15) is 0 Å². The third kappa shape index (κ3) is 6.97. The molecule has 146 valence electrons. The Morgan fingerprint density at radius 3 is 2.30 bits per heavy atom. The number of benzene rings is 2. The lowest BCUT2D eigenvalue weighted by atomic mass is 10.2. The van der Waals surface area contributed by atoms with Gasteiger partial charge < -0.3 is 4.74 Å². The molecule has 0 heterocycles. The molecule has 8 heteroatoms. The topological polar surface area (TPSA) is 84.5 Å². The molecule has 0 radical (unpaired) electrons. The number of carbonyl (C=O) groups excluding carboxylic acids is 1. The van der Waals surface area contributed by atoms with Gasteiger partial charge in [0, 0.05) is 10.0 Å². The summed E-state index contributed by atoms with van der Waals surface area (Å²) in [6.07, 6.45) is 4.50. The van der Waals surface area contributed by atoms with Crippen LogP contribution in [0.4, 0.5) is 0 Å². The van der Waals surface area contributed by atoms with Gasteiger partial charge in [-0.05, 0) is 55.0 Å². The first-order valence-corrected chi connectivity index (χ1v) is 11.0. The van der Waals surface area contributed by atoms with E-state index in [-0.39, 0.29) is 4.90 Å². The van der Waals surface area contributed by atoms with Gasteiger partial charge in [0.2, 0.25) is 0 Å². The molecule has 2 rings (SSSR count). The van der Waals surface area contributed by atoms with Crippen molar-refractivity contribution in [3.63, 3.8) is 0 Å². The molecule has 0 atom stereocenters. The van der Waals surface area contributed by atoms with Gasteiger partial charge in [0.15, 0.2) is 0 Å². The van der Waals surface area contributed by atoms with Crippen molar-refractivity contribution >= 4 is 31.9 Å². The maximum atomic E-state index is 12.2. The summed E-state index contributed by atoms with van der Waals surface area (Å²) in [7, 11) is -3.84. The van der Waals surface area contributed by atoms with Gasteiger partial charge in [-0.3, -0.25) is 10.2 Å². The van der Waals surface area contributed by atoms with Crippen LogP contribution in [0.3, 0.4) is 0 Å². The van der Waals surface area contributed by atoms with E-state index in [1.54, 1.807) is 36.4 Å². The zero-order valence-electron chi connectivity index (χ0n) is 15.1. The molecule has 2 aromatic rings. The lowest BCUT2D eigenvalue weighted by Gasteiger charge is -2.09. The molecule has 1 amide bonds. The van der Waals surface area contributed by atoms with Crippen molar-refractivity contribution in [3.05, 3.63) is 58.6 Å². The van der Waals surface area contributed by atoms with Gasteiger partial charge in [0.25, 0.3) is 15.9 Å². The van der Waals surface area contributed by atoms with Gasteiger partial charge in [0.1, 0.15) is 5.75 Å². The lowest BCUT2D eigenvalue weighted by Crippen LogP contribution is -2.41. The average molecular weight is 455 g/mol. The highest BCUT2D eigenvalue weighted by Crippen LogP contribution is 2.15. The minimum atomic E-state index is -3.84. The van der Waals surface area contributed by atoms with Crippen molar-refractivity contribution < 1.29 is 17.9 Å². The van der Waals surface area contributed by atoms with Gasteiger partial charge in [0.05, 0.1) is 11.5 Å². The van der Waals surface area contributed by atoms with E-state index in [0.29, 0.717) is 17.9 Å². The Hall–Kier alpha value is -1.90. The van der Waals surface area contributed by atoms with Crippen LogP contribution in [-0.4, -0.2) is 20.9 Å². The van der Waals surface area contributed by atoms with Gasteiger partial charge in [-0.25, -0.2) is 8.42 Å². The number of sulfonamides is 1. The molecular formula is C19H23BrN2O4S. The zero-order chi connectivity index (χ0) is 19.7. The largest absolute Gasteiger partial charge is 0.494 e. The minimum Gasteiger partial charge on any atom is -0.494 e. The summed E-state index contributed by atoms with van der Waals surface area (Å²) in [6, 6.07) is 12.6. The molecule has 0 aliphatic rings. The van der Waals surface area contributed by atoms with E-state index >= 15 is 0 Å². The SMILES string of the molecule is CCCCCCOc1ccc(C(=O)NNS(=O)(=O)c2ccc(Br)cc2)cc1. The van der Waals surface area contributed by atoms with Gasteiger partial charge in [-0.15, -0.1) is 4.83 Å². The smallest absolute Gasteiger partial charge is 0.266 e. The highest BCUT2D eigenvalue weighted by molar-refractivity contribution is 9.10. The Morgan fingerprint density at radius 2 is 1.67 bits per heavy atom. The Balaban J connectivity index is 1.85. The zero-order valence-corrected chi connectivity index (χ0v) is 17.5. The van der Waals surface area contributed by atoms with Crippen molar-refractivity contribution in [1.29, 1.82) is 0 Å². The van der Waals surface area contributed by atoms with Crippen LogP contribution >= 0.6 is 15.9 Å². The van der Waals surface area contributed by atoms with Crippen LogP contribution in [0.1, 0.15) is 43.0 Å². The highest BCUT2D eigenvalue weighted by Gasteiger charge is 2.15. The number of ether oxygens (including phenoxy) is 1. The summed E-state index contributed by atoms with van der Waals surface area (Å²) in [6.45, 7) is 2.79. The van der Waals surface area contributed by atoms with Crippen molar-refractivity contribution in [2.24, 2.45) is 0 Å². The van der Waals surface area contributed by atoms with Crippen LogP contribution in [0.25, 0.3) is 0 Å². The molecule has 0 aliphatic heterocycles. The summed E-state index contributed by atoms with van der Waals surface area (Å²) in [5.41, 5.74) is 2.53. The minimum absolute atomic E-state index is 0.0535. The first-order chi connectivity index (χ1) is 12.9. The van der Waals surface area contributed by atoms with Gasteiger partial charge in [-0.1, -0.05) is 42.1 Å². The third-order valence-corrected chi connectivity index (χ3v) is 5.60. The van der Waals surface area contributed by atoms with E-state index in [0.717, 1.165) is 17.3 Å². The van der Waals surface area contributed by atoms with Crippen LogP contribution in [0.2, 0.25) is 0 Å². The maximum absolute atomic E-state index is 12.2. The van der Waals surface area contributed by atoms with E-state index in [9.17, 15) is 13.2 Å². The molecule has 0 aliphatic carbocycles. The monoisotopic (exact) mass is 454 g/mol. The molecule has 0 unspecified atom stereocenters. The predicted octanol–water partition coefficient (Wildman–Crippen LogP) is 4.03. The second-order valence-electron chi connectivity index (χ2n) is 5.95. The summed E-state index contributed by atoms with van der Waals surface area (Å²) < 4.78 is 30.7. The van der Waals surface area contributed by atoms with E-state index in [4.69, 9.17) is 4.74 Å². The van der Waals surface area contributed by atoms with Crippen molar-refractivity contribution in [3.8, 4) is 5.75 Å². The van der Waals surface area contributed by atoms with E-state index in [1.165, 1.54) is 25.0 Å². The quantitative estimate of drug-likeness (QED) is 0.419. The Bertz CT molecular complexity index is 837. The fraction of sp³-hybridized carbons (Fsp3) is 0.316. The average Bonchev–Trinajstić information content (AvgIpc) is 2.67. The summed E-state index contributed by atoms with van der Waals surface area (Å²) in [4.78, 5) is 14.3. The van der Waals surface area contributed by atoms with Crippen LogP contribution in [-0.2, 0) is 10.0 Å². The summed E-state index contributed by atoms with van der Waals surface area (Å²) in [5, 5.41) is 0. The fourth-order valence-electron chi connectivity index (χ4n) is 2.28. The summed E-state index contributed by atoms with van der Waals surface area (Å²) in [5.74, 6) is 0.128. The number of hydrazine groups is 1.